The molecule has 1 aromatic carbocycles. The molecule has 3 nitrogen and oxygen atoms in total. The molecule has 3 N–H and O–H groups in total. The van der Waals surface area contributed by atoms with Gasteiger partial charge in [0, 0.05) is 18.3 Å². The lowest BCUT2D eigenvalue weighted by Crippen LogP contribution is -2.33. The van der Waals surface area contributed by atoms with E-state index in [4.69, 9.17) is 22.1 Å². The van der Waals surface area contributed by atoms with Gasteiger partial charge in [-0.3, -0.25) is 0 Å². The van der Waals surface area contributed by atoms with Gasteiger partial charge in [-0.15, -0.1) is 0 Å². The van der Waals surface area contributed by atoms with Gasteiger partial charge in [-0.25, -0.2) is 0 Å². The molecule has 0 aromatic heterocycles. The van der Waals surface area contributed by atoms with Gasteiger partial charge >= 0.3 is 0 Å². The quantitative estimate of drug-likeness (QED) is 0.835. The van der Waals surface area contributed by atoms with Crippen LogP contribution in [0.3, 0.4) is 0 Å². The first-order valence-corrected chi connectivity index (χ1v) is 5.75. The molecule has 0 fully saturated rings. The first kappa shape index (κ1) is 13.1. The van der Waals surface area contributed by atoms with Crippen LogP contribution < -0.4 is 15.8 Å². The molecule has 0 aliphatic rings. The second kappa shape index (κ2) is 5.97. The summed E-state index contributed by atoms with van der Waals surface area (Å²) in [5.41, 5.74) is 6.90. The summed E-state index contributed by atoms with van der Waals surface area (Å²) < 4.78 is 5.08. The first-order chi connectivity index (χ1) is 7.54. The molecule has 1 rings (SSSR count). The molecule has 16 heavy (non-hydrogen) atoms. The van der Waals surface area contributed by atoms with Gasteiger partial charge in [0.25, 0.3) is 0 Å². The Morgan fingerprint density at radius 3 is 2.62 bits per heavy atom. The number of hydrogen-bond donors (Lipinski definition) is 2. The van der Waals surface area contributed by atoms with Crippen molar-refractivity contribution in [2.75, 3.05) is 19.0 Å². The van der Waals surface area contributed by atoms with Crippen molar-refractivity contribution in [1.82, 2.24) is 0 Å². The number of nitrogens with two attached hydrogens (primary N) is 1. The Morgan fingerprint density at radius 2 is 2.12 bits per heavy atom. The highest BCUT2D eigenvalue weighted by molar-refractivity contribution is 6.32. The Labute approximate surface area is 102 Å². The highest BCUT2D eigenvalue weighted by atomic mass is 35.5. The number of halogens is 1. The van der Waals surface area contributed by atoms with Crippen molar-refractivity contribution < 1.29 is 4.74 Å². The minimum absolute atomic E-state index is 0.140. The molecule has 0 saturated heterocycles. The lowest BCUT2D eigenvalue weighted by molar-refractivity contribution is 0.415. The monoisotopic (exact) mass is 242 g/mol. The van der Waals surface area contributed by atoms with Gasteiger partial charge in [0.2, 0.25) is 0 Å². The Kier molecular flexibility index (Phi) is 4.90. The number of hydrogen-bond acceptors (Lipinski definition) is 3. The molecule has 0 saturated carbocycles. The summed E-state index contributed by atoms with van der Waals surface area (Å²) in [4.78, 5) is 0. The van der Waals surface area contributed by atoms with E-state index in [1.165, 1.54) is 0 Å². The summed E-state index contributed by atoms with van der Waals surface area (Å²) in [5, 5.41) is 3.86. The number of methoxy groups -OCH3 is 1. The average molecular weight is 243 g/mol. The lowest BCUT2D eigenvalue weighted by atomic mass is 10.1. The summed E-state index contributed by atoms with van der Waals surface area (Å²) in [5.74, 6) is 1.14. The zero-order valence-corrected chi connectivity index (χ0v) is 10.7. The van der Waals surface area contributed by atoms with Crippen LogP contribution in [-0.2, 0) is 0 Å². The fourth-order valence-corrected chi connectivity index (χ4v) is 1.51. The molecule has 1 atom stereocenters. The molecule has 0 bridgehead atoms. The number of nitrogens with one attached hydrogen (secondary N) is 1. The Bertz CT molecular complexity index is 342. The van der Waals surface area contributed by atoms with Crippen molar-refractivity contribution in [1.29, 1.82) is 0 Å². The van der Waals surface area contributed by atoms with Gasteiger partial charge in [0.1, 0.15) is 5.75 Å². The molecular weight excluding hydrogens is 224 g/mol. The molecule has 0 heterocycles. The van der Waals surface area contributed by atoms with Gasteiger partial charge in [-0.05, 0) is 24.1 Å². The van der Waals surface area contributed by atoms with E-state index in [1.54, 1.807) is 7.11 Å². The predicted molar refractivity (Wildman–Crippen MR) is 69.3 cm³/mol. The maximum atomic E-state index is 6.01. The molecule has 90 valence electrons. The molecule has 1 unspecified atom stereocenters. The number of anilines is 1. The Balaban J connectivity index is 2.58. The SMILES string of the molecule is COc1ccc(NCC(N)C(C)C)cc1Cl. The second-order valence-electron chi connectivity index (χ2n) is 4.14. The highest BCUT2D eigenvalue weighted by Crippen LogP contribution is 2.27. The molecule has 0 amide bonds. The van der Waals surface area contributed by atoms with E-state index in [0.29, 0.717) is 16.7 Å². The van der Waals surface area contributed by atoms with Crippen LogP contribution >= 0.6 is 11.6 Å². The third-order valence-corrected chi connectivity index (χ3v) is 2.85. The van der Waals surface area contributed by atoms with Crippen molar-refractivity contribution in [3.05, 3.63) is 23.2 Å². The maximum absolute atomic E-state index is 6.01. The van der Waals surface area contributed by atoms with E-state index in [1.807, 2.05) is 18.2 Å². The fraction of sp³-hybridized carbons (Fsp3) is 0.500. The van der Waals surface area contributed by atoms with Gasteiger partial charge in [-0.1, -0.05) is 25.4 Å². The van der Waals surface area contributed by atoms with Crippen LogP contribution in [0.15, 0.2) is 18.2 Å². The topological polar surface area (TPSA) is 47.3 Å². The van der Waals surface area contributed by atoms with E-state index in [-0.39, 0.29) is 6.04 Å². The summed E-state index contributed by atoms with van der Waals surface area (Å²) in [6.45, 7) is 4.95. The third-order valence-electron chi connectivity index (χ3n) is 2.55. The van der Waals surface area contributed by atoms with Crippen molar-refractivity contribution in [2.45, 2.75) is 19.9 Å². The predicted octanol–water partition coefficient (Wildman–Crippen LogP) is 2.74. The average Bonchev–Trinajstić information content (AvgIpc) is 2.25. The Hall–Kier alpha value is -0.930. The zero-order chi connectivity index (χ0) is 12.1. The van der Waals surface area contributed by atoms with Crippen molar-refractivity contribution in [2.24, 2.45) is 11.7 Å². The molecule has 0 radical (unpaired) electrons. The first-order valence-electron chi connectivity index (χ1n) is 5.37. The standard InChI is InChI=1S/C12H19ClN2O/c1-8(2)11(14)7-15-9-4-5-12(16-3)10(13)6-9/h4-6,8,11,15H,7,14H2,1-3H3. The lowest BCUT2D eigenvalue weighted by Gasteiger charge is -2.17. The van der Waals surface area contributed by atoms with E-state index in [9.17, 15) is 0 Å². The van der Waals surface area contributed by atoms with Crippen molar-refractivity contribution in [3.8, 4) is 5.75 Å². The van der Waals surface area contributed by atoms with Gasteiger partial charge in [-0.2, -0.15) is 0 Å². The normalized spacial score (nSPS) is 12.6. The number of ether oxygens (including phenoxy) is 1. The third kappa shape index (κ3) is 3.58. The Morgan fingerprint density at radius 1 is 1.44 bits per heavy atom. The summed E-state index contributed by atoms with van der Waals surface area (Å²) >= 11 is 6.01. The summed E-state index contributed by atoms with van der Waals surface area (Å²) in [6.07, 6.45) is 0. The molecule has 0 aliphatic heterocycles. The van der Waals surface area contributed by atoms with E-state index in [2.05, 4.69) is 19.2 Å². The van der Waals surface area contributed by atoms with Crippen molar-refractivity contribution >= 4 is 17.3 Å². The van der Waals surface area contributed by atoms with E-state index < -0.39 is 0 Å². The van der Waals surface area contributed by atoms with Gasteiger partial charge in [0.05, 0.1) is 12.1 Å². The van der Waals surface area contributed by atoms with Crippen LogP contribution in [0, 0.1) is 5.92 Å². The van der Waals surface area contributed by atoms with Gasteiger partial charge < -0.3 is 15.8 Å². The minimum atomic E-state index is 0.140. The molecule has 4 heteroatoms. The molecule has 0 aliphatic carbocycles. The second-order valence-corrected chi connectivity index (χ2v) is 4.55. The summed E-state index contributed by atoms with van der Waals surface area (Å²) in [7, 11) is 1.60. The van der Waals surface area contributed by atoms with Crippen LogP contribution in [0.2, 0.25) is 5.02 Å². The van der Waals surface area contributed by atoms with Crippen LogP contribution in [0.4, 0.5) is 5.69 Å². The smallest absolute Gasteiger partial charge is 0.137 e. The molecule has 1 aromatic rings. The molecule has 0 spiro atoms. The zero-order valence-electron chi connectivity index (χ0n) is 9.96. The van der Waals surface area contributed by atoms with Crippen LogP contribution in [0.25, 0.3) is 0 Å². The molecular formula is C12H19ClN2O. The largest absolute Gasteiger partial charge is 0.495 e. The maximum Gasteiger partial charge on any atom is 0.137 e. The highest BCUT2D eigenvalue weighted by Gasteiger charge is 2.07. The van der Waals surface area contributed by atoms with Crippen LogP contribution in [0.5, 0.6) is 5.75 Å². The fourth-order valence-electron chi connectivity index (χ4n) is 1.25. The number of rotatable bonds is 5. The van der Waals surface area contributed by atoms with Crippen molar-refractivity contribution in [3.63, 3.8) is 0 Å². The van der Waals surface area contributed by atoms with Crippen LogP contribution in [-0.4, -0.2) is 19.7 Å². The van der Waals surface area contributed by atoms with E-state index in [0.717, 1.165) is 12.2 Å². The van der Waals surface area contributed by atoms with Gasteiger partial charge in [0.15, 0.2) is 0 Å². The van der Waals surface area contributed by atoms with E-state index >= 15 is 0 Å². The minimum Gasteiger partial charge on any atom is -0.495 e. The van der Waals surface area contributed by atoms with Crippen LogP contribution in [0.1, 0.15) is 13.8 Å². The number of benzene rings is 1. The summed E-state index contributed by atoms with van der Waals surface area (Å²) in [6, 6.07) is 5.75.